The monoisotopic (exact) mass is 481 g/mol. The molecule has 1 fully saturated rings. The first kappa shape index (κ1) is 21.0. The molecular formula is C20H19AsF3N3O3. The molecule has 1 aromatic carbocycles. The van der Waals surface area contributed by atoms with Gasteiger partial charge in [-0.1, -0.05) is 0 Å². The average molecular weight is 481 g/mol. The van der Waals surface area contributed by atoms with Gasteiger partial charge in [-0.15, -0.1) is 0 Å². The molecule has 1 unspecified atom stereocenters. The summed E-state index contributed by atoms with van der Waals surface area (Å²) in [6, 6.07) is 4.73. The van der Waals surface area contributed by atoms with E-state index in [0.717, 1.165) is 12.1 Å². The van der Waals surface area contributed by atoms with Crippen LogP contribution < -0.4 is 10.0 Å². The van der Waals surface area contributed by atoms with Gasteiger partial charge in [0.2, 0.25) is 0 Å². The second-order valence-corrected chi connectivity index (χ2v) is 10.6. The van der Waals surface area contributed by atoms with E-state index in [1.807, 2.05) is 0 Å². The molecule has 6 nitrogen and oxygen atoms in total. The third-order valence-corrected chi connectivity index (χ3v) is 8.07. The molecule has 0 aliphatic carbocycles. The molecular weight excluding hydrogens is 462 g/mol. The summed E-state index contributed by atoms with van der Waals surface area (Å²) in [5.41, 5.74) is 0.434. The summed E-state index contributed by atoms with van der Waals surface area (Å²) in [6.45, 7) is 0.828. The van der Waals surface area contributed by atoms with E-state index in [9.17, 15) is 23.1 Å². The number of aryl methyl sites for hydroxylation is 1. The van der Waals surface area contributed by atoms with Crippen LogP contribution >= 0.6 is 0 Å². The van der Waals surface area contributed by atoms with Crippen molar-refractivity contribution in [1.29, 1.82) is 0 Å². The number of benzene rings is 1. The van der Waals surface area contributed by atoms with Gasteiger partial charge in [-0.25, -0.2) is 0 Å². The van der Waals surface area contributed by atoms with Crippen LogP contribution in [0.15, 0.2) is 41.6 Å². The number of pyridine rings is 1. The number of ether oxygens (including phenoxy) is 1. The van der Waals surface area contributed by atoms with Gasteiger partial charge in [0.1, 0.15) is 0 Å². The van der Waals surface area contributed by atoms with Crippen LogP contribution in [-0.4, -0.2) is 54.7 Å². The molecule has 10 heteroatoms. The first-order valence-corrected chi connectivity index (χ1v) is 11.5. The zero-order chi connectivity index (χ0) is 21.5. The molecule has 3 aromatic rings. The quantitative estimate of drug-likeness (QED) is 0.576. The van der Waals surface area contributed by atoms with Crippen LogP contribution in [0.5, 0.6) is 0 Å². The Morgan fingerprint density at radius 3 is 2.60 bits per heavy atom. The molecule has 1 aliphatic rings. The van der Waals surface area contributed by atoms with Crippen molar-refractivity contribution in [1.82, 2.24) is 14.5 Å². The van der Waals surface area contributed by atoms with Crippen LogP contribution in [0, 0.1) is 0 Å². The zero-order valence-corrected chi connectivity index (χ0v) is 18.1. The van der Waals surface area contributed by atoms with Crippen LogP contribution in [0.1, 0.15) is 12.0 Å². The second-order valence-electron chi connectivity index (χ2n) is 7.25. The van der Waals surface area contributed by atoms with Crippen LogP contribution in [0.3, 0.4) is 0 Å². The van der Waals surface area contributed by atoms with E-state index in [1.165, 1.54) is 23.0 Å². The first-order valence-electron chi connectivity index (χ1n) is 9.28. The molecule has 3 atom stereocenters. The Labute approximate surface area is 176 Å². The van der Waals surface area contributed by atoms with E-state index in [4.69, 9.17) is 4.74 Å². The number of aliphatic hydroxyl groups is 1. The maximum atomic E-state index is 12.9. The van der Waals surface area contributed by atoms with Crippen molar-refractivity contribution in [2.24, 2.45) is 7.05 Å². The molecule has 0 amide bonds. The average Bonchev–Trinajstić information content (AvgIpc) is 2.70. The zero-order valence-electron chi connectivity index (χ0n) is 16.0. The molecule has 158 valence electrons. The predicted octanol–water partition coefficient (Wildman–Crippen LogP) is 1.65. The van der Waals surface area contributed by atoms with Crippen LogP contribution in [0.4, 0.5) is 13.2 Å². The van der Waals surface area contributed by atoms with Crippen molar-refractivity contribution >= 4 is 31.1 Å². The van der Waals surface area contributed by atoms with Crippen molar-refractivity contribution in [3.8, 4) is 11.1 Å². The van der Waals surface area contributed by atoms with E-state index in [2.05, 4.69) is 9.97 Å². The van der Waals surface area contributed by atoms with Crippen molar-refractivity contribution in [2.45, 2.75) is 23.4 Å². The summed E-state index contributed by atoms with van der Waals surface area (Å²) >= 11 is -0.917. The third-order valence-electron chi connectivity index (χ3n) is 5.00. The first-order chi connectivity index (χ1) is 14.2. The molecule has 3 heterocycles. The van der Waals surface area contributed by atoms with Gasteiger partial charge in [-0.2, -0.15) is 0 Å². The molecule has 0 radical (unpaired) electrons. The molecule has 1 N–H and O–H groups in total. The number of halogens is 3. The van der Waals surface area contributed by atoms with Gasteiger partial charge in [-0.05, 0) is 0 Å². The molecule has 1 aliphatic heterocycles. The Balaban J connectivity index is 1.80. The van der Waals surface area contributed by atoms with Crippen molar-refractivity contribution < 1.29 is 23.0 Å². The molecule has 1 saturated heterocycles. The summed E-state index contributed by atoms with van der Waals surface area (Å²) in [5.74, 6) is 0. The fraction of sp³-hybridized carbons (Fsp3) is 0.350. The minimum absolute atomic E-state index is 0.131. The van der Waals surface area contributed by atoms with E-state index in [1.54, 1.807) is 13.2 Å². The molecule has 0 bridgehead atoms. The summed E-state index contributed by atoms with van der Waals surface area (Å²) in [7, 11) is 1.59. The van der Waals surface area contributed by atoms with Gasteiger partial charge in [0.15, 0.2) is 0 Å². The number of fused-ring (bicyclic) bond motifs is 1. The molecule has 0 saturated carbocycles. The number of hydrogen-bond acceptors (Lipinski definition) is 5. The number of alkyl halides is 3. The van der Waals surface area contributed by atoms with Crippen LogP contribution in [0.2, 0.25) is 4.71 Å². The van der Waals surface area contributed by atoms with Crippen molar-refractivity contribution in [3.05, 3.63) is 52.7 Å². The summed E-state index contributed by atoms with van der Waals surface area (Å²) in [4.78, 5) is 21.8. The van der Waals surface area contributed by atoms with Gasteiger partial charge in [-0.3, -0.25) is 0 Å². The number of rotatable bonds is 3. The van der Waals surface area contributed by atoms with E-state index in [0.29, 0.717) is 46.1 Å². The van der Waals surface area contributed by atoms with E-state index in [-0.39, 0.29) is 10.3 Å². The topological polar surface area (TPSA) is 77.2 Å². The molecule has 0 spiro atoms. The standard InChI is InChI=1S/C20H19AsF3N3O3/c1-27-10-26-17-15(11-2-4-12(5-3-11)20(22,23)24)7-25-18(16(17)19(27)29)21-13-6-14(28)9-30-8-13/h2-5,7,10,13-14,21,28H,6,8-9H2,1H3/t13-,14+/m0/s1. The SMILES string of the molecule is Cn1cnc2c(-c3ccc(C(F)(F)F)cc3)cnc([AsH][C@@H]3COC[C@H](O)C3)c2c1=O. The Kier molecular flexibility index (Phi) is 5.70. The second kappa shape index (κ2) is 8.13. The Hall–Kier alpha value is -2.22. The Morgan fingerprint density at radius 1 is 1.20 bits per heavy atom. The van der Waals surface area contributed by atoms with Crippen molar-refractivity contribution in [3.63, 3.8) is 0 Å². The maximum absolute atomic E-state index is 12.9. The Morgan fingerprint density at radius 2 is 1.93 bits per heavy atom. The van der Waals surface area contributed by atoms with Gasteiger partial charge in [0.05, 0.1) is 0 Å². The predicted molar refractivity (Wildman–Crippen MR) is 107 cm³/mol. The summed E-state index contributed by atoms with van der Waals surface area (Å²) in [6.07, 6.45) is -1.38. The number of aliphatic hydroxyl groups excluding tert-OH is 1. The van der Waals surface area contributed by atoms with E-state index >= 15 is 0 Å². The number of aromatic nitrogens is 3. The van der Waals surface area contributed by atoms with Gasteiger partial charge in [0.25, 0.3) is 0 Å². The normalized spacial score (nSPS) is 20.3. The van der Waals surface area contributed by atoms with Gasteiger partial charge >= 0.3 is 176 Å². The molecule has 30 heavy (non-hydrogen) atoms. The third kappa shape index (κ3) is 4.15. The Bertz CT molecular complexity index is 1130. The van der Waals surface area contributed by atoms with E-state index < -0.39 is 33.6 Å². The number of hydrogen-bond donors (Lipinski definition) is 1. The fourth-order valence-electron chi connectivity index (χ4n) is 3.48. The number of nitrogens with zero attached hydrogens (tertiary/aromatic N) is 3. The fourth-order valence-corrected chi connectivity index (χ4v) is 6.59. The summed E-state index contributed by atoms with van der Waals surface area (Å²) in [5, 5.41) is 10.2. The molecule has 2 aromatic heterocycles. The van der Waals surface area contributed by atoms with Crippen molar-refractivity contribution in [2.75, 3.05) is 13.2 Å². The van der Waals surface area contributed by atoms with Gasteiger partial charge < -0.3 is 0 Å². The summed E-state index contributed by atoms with van der Waals surface area (Å²) < 4.78 is 46.2. The van der Waals surface area contributed by atoms with Crippen LogP contribution in [0.25, 0.3) is 22.0 Å². The minimum atomic E-state index is -4.42. The molecule has 4 rings (SSSR count). The van der Waals surface area contributed by atoms with Gasteiger partial charge in [0, 0.05) is 0 Å². The van der Waals surface area contributed by atoms with Crippen LogP contribution in [-0.2, 0) is 18.0 Å².